The zero-order valence-corrected chi connectivity index (χ0v) is 15.3. The molecule has 8 heteroatoms. The highest BCUT2D eigenvalue weighted by Gasteiger charge is 2.37. The quantitative estimate of drug-likeness (QED) is 0.604. The molecule has 2 aromatic carbocycles. The Hall–Kier alpha value is -3.68. The van der Waals surface area contributed by atoms with Crippen LogP contribution in [0.2, 0.25) is 0 Å². The number of benzene rings is 2. The van der Waals surface area contributed by atoms with E-state index in [-0.39, 0.29) is 5.56 Å². The van der Waals surface area contributed by atoms with E-state index in [1.54, 1.807) is 42.5 Å². The number of para-hydroxylation sites is 1. The Morgan fingerprint density at radius 1 is 1.07 bits per heavy atom. The van der Waals surface area contributed by atoms with Gasteiger partial charge < -0.3 is 14.8 Å². The number of fused-ring (bicyclic) bond motifs is 1. The predicted octanol–water partition coefficient (Wildman–Crippen LogP) is 1.79. The number of carbonyl (C=O) groups excluding carboxylic acids is 4. The maximum Gasteiger partial charge on any atom is 0.326 e. The summed E-state index contributed by atoms with van der Waals surface area (Å²) in [4.78, 5) is 49.5. The van der Waals surface area contributed by atoms with Gasteiger partial charge in [-0.1, -0.05) is 12.1 Å². The zero-order valence-electron chi connectivity index (χ0n) is 15.3. The molecule has 144 valence electrons. The number of nitrogens with zero attached hydrogens (tertiary/aromatic N) is 1. The highest BCUT2D eigenvalue weighted by molar-refractivity contribution is 6.52. The van der Waals surface area contributed by atoms with E-state index in [1.807, 2.05) is 0 Å². The lowest BCUT2D eigenvalue weighted by Gasteiger charge is -2.18. The summed E-state index contributed by atoms with van der Waals surface area (Å²) in [7, 11) is 1.53. The summed E-state index contributed by atoms with van der Waals surface area (Å²) in [5, 5.41) is 2.62. The van der Waals surface area contributed by atoms with Gasteiger partial charge in [-0.05, 0) is 43.3 Å². The first-order chi connectivity index (χ1) is 13.4. The van der Waals surface area contributed by atoms with Crippen LogP contribution in [-0.2, 0) is 19.1 Å². The van der Waals surface area contributed by atoms with Crippen LogP contribution in [-0.4, -0.2) is 43.3 Å². The van der Waals surface area contributed by atoms with Crippen LogP contribution in [0.1, 0.15) is 17.3 Å². The van der Waals surface area contributed by atoms with Crippen molar-refractivity contribution >= 4 is 34.9 Å². The lowest BCUT2D eigenvalue weighted by Crippen LogP contribution is -2.38. The van der Waals surface area contributed by atoms with Crippen molar-refractivity contribution in [3.05, 3.63) is 54.1 Å². The lowest BCUT2D eigenvalue weighted by molar-refractivity contribution is -0.152. The standard InChI is InChI=1S/C20H18N2O6/c1-12(19(25)21-13-7-9-14(27-2)10-8-13)28-17(23)11-22-16-6-4-3-5-15(16)18(24)20(22)26/h3-10,12H,11H2,1-2H3,(H,21,25)/t12-/m1/s1. The van der Waals surface area contributed by atoms with Crippen LogP contribution >= 0.6 is 0 Å². The fourth-order valence-electron chi connectivity index (χ4n) is 2.74. The van der Waals surface area contributed by atoms with Crippen molar-refractivity contribution in [1.29, 1.82) is 0 Å². The molecule has 0 aromatic heterocycles. The molecule has 1 atom stereocenters. The maximum atomic E-state index is 12.2. The molecule has 1 aliphatic heterocycles. The molecule has 0 aliphatic carbocycles. The SMILES string of the molecule is COc1ccc(NC(=O)[C@@H](C)OC(=O)CN2C(=O)C(=O)c3ccccc32)cc1. The second-order valence-electron chi connectivity index (χ2n) is 6.09. The van der Waals surface area contributed by atoms with Gasteiger partial charge in [0.25, 0.3) is 17.6 Å². The summed E-state index contributed by atoms with van der Waals surface area (Å²) < 4.78 is 10.1. The number of hydrogen-bond donors (Lipinski definition) is 1. The molecule has 1 aliphatic rings. The molecular weight excluding hydrogens is 364 g/mol. The van der Waals surface area contributed by atoms with E-state index < -0.39 is 36.2 Å². The number of rotatable bonds is 6. The van der Waals surface area contributed by atoms with Crippen LogP contribution in [0.15, 0.2) is 48.5 Å². The first kappa shape index (κ1) is 19.1. The molecule has 1 N–H and O–H groups in total. The van der Waals surface area contributed by atoms with E-state index in [4.69, 9.17) is 9.47 Å². The Balaban J connectivity index is 1.59. The smallest absolute Gasteiger partial charge is 0.326 e. The van der Waals surface area contributed by atoms with Gasteiger partial charge in [-0.15, -0.1) is 0 Å². The van der Waals surface area contributed by atoms with Crippen LogP contribution in [0.5, 0.6) is 5.75 Å². The minimum atomic E-state index is -1.08. The minimum absolute atomic E-state index is 0.241. The van der Waals surface area contributed by atoms with Crippen LogP contribution in [0.25, 0.3) is 0 Å². The Bertz CT molecular complexity index is 938. The molecule has 1 heterocycles. The molecule has 2 amide bonds. The third-order valence-electron chi connectivity index (χ3n) is 4.20. The second-order valence-corrected chi connectivity index (χ2v) is 6.09. The van der Waals surface area contributed by atoms with E-state index >= 15 is 0 Å². The van der Waals surface area contributed by atoms with Crippen molar-refractivity contribution in [3.63, 3.8) is 0 Å². The van der Waals surface area contributed by atoms with Crippen LogP contribution in [0, 0.1) is 0 Å². The minimum Gasteiger partial charge on any atom is -0.497 e. The third-order valence-corrected chi connectivity index (χ3v) is 4.20. The largest absolute Gasteiger partial charge is 0.497 e. The van der Waals surface area contributed by atoms with Crippen LogP contribution in [0.3, 0.4) is 0 Å². The highest BCUT2D eigenvalue weighted by Crippen LogP contribution is 2.28. The zero-order chi connectivity index (χ0) is 20.3. The van der Waals surface area contributed by atoms with Crippen molar-refractivity contribution in [3.8, 4) is 5.75 Å². The van der Waals surface area contributed by atoms with Gasteiger partial charge in [0.2, 0.25) is 0 Å². The Labute approximate surface area is 161 Å². The number of hydrogen-bond acceptors (Lipinski definition) is 6. The predicted molar refractivity (Wildman–Crippen MR) is 100 cm³/mol. The Morgan fingerprint density at radius 2 is 1.75 bits per heavy atom. The van der Waals surface area contributed by atoms with Gasteiger partial charge in [-0.2, -0.15) is 0 Å². The summed E-state index contributed by atoms with van der Waals surface area (Å²) >= 11 is 0. The number of methoxy groups -OCH3 is 1. The molecule has 8 nitrogen and oxygen atoms in total. The number of ether oxygens (including phenoxy) is 2. The van der Waals surface area contributed by atoms with Crippen molar-refractivity contribution in [1.82, 2.24) is 0 Å². The Morgan fingerprint density at radius 3 is 2.43 bits per heavy atom. The highest BCUT2D eigenvalue weighted by atomic mass is 16.5. The maximum absolute atomic E-state index is 12.2. The topological polar surface area (TPSA) is 102 Å². The molecule has 0 fully saturated rings. The molecule has 0 spiro atoms. The summed E-state index contributed by atoms with van der Waals surface area (Å²) in [6, 6.07) is 13.1. The van der Waals surface area contributed by atoms with Gasteiger partial charge in [0, 0.05) is 5.69 Å². The third kappa shape index (κ3) is 3.85. The van der Waals surface area contributed by atoms with Gasteiger partial charge in [0.1, 0.15) is 12.3 Å². The van der Waals surface area contributed by atoms with Crippen molar-refractivity contribution in [2.24, 2.45) is 0 Å². The molecule has 0 bridgehead atoms. The van der Waals surface area contributed by atoms with Crippen molar-refractivity contribution in [2.75, 3.05) is 23.9 Å². The van der Waals surface area contributed by atoms with Gasteiger partial charge in [-0.3, -0.25) is 24.1 Å². The van der Waals surface area contributed by atoms with Gasteiger partial charge in [-0.25, -0.2) is 0 Å². The second kappa shape index (κ2) is 7.91. The number of esters is 1. The monoisotopic (exact) mass is 382 g/mol. The van der Waals surface area contributed by atoms with E-state index in [0.717, 1.165) is 4.90 Å². The normalized spacial score (nSPS) is 13.7. The fourth-order valence-corrected chi connectivity index (χ4v) is 2.74. The molecule has 2 aromatic rings. The van der Waals surface area contributed by atoms with Gasteiger partial charge >= 0.3 is 5.97 Å². The average molecular weight is 382 g/mol. The number of ketones is 1. The van der Waals surface area contributed by atoms with Gasteiger partial charge in [0.05, 0.1) is 18.4 Å². The average Bonchev–Trinajstić information content (AvgIpc) is 2.93. The number of amides is 2. The molecule has 0 saturated carbocycles. The summed E-state index contributed by atoms with van der Waals surface area (Å²) in [5.41, 5.74) is 1.11. The van der Waals surface area contributed by atoms with Crippen molar-refractivity contribution in [2.45, 2.75) is 13.0 Å². The fraction of sp³-hybridized carbons (Fsp3) is 0.200. The van der Waals surface area contributed by atoms with E-state index in [2.05, 4.69) is 5.32 Å². The molecule has 0 radical (unpaired) electrons. The van der Waals surface area contributed by atoms with E-state index in [9.17, 15) is 19.2 Å². The molecular formula is C20H18N2O6. The van der Waals surface area contributed by atoms with E-state index in [0.29, 0.717) is 17.1 Å². The van der Waals surface area contributed by atoms with Crippen LogP contribution < -0.4 is 15.0 Å². The summed E-state index contributed by atoms with van der Waals surface area (Å²) in [5.74, 6) is -2.15. The van der Waals surface area contributed by atoms with E-state index in [1.165, 1.54) is 20.1 Å². The number of nitrogens with one attached hydrogen (secondary N) is 1. The molecule has 0 saturated heterocycles. The lowest BCUT2D eigenvalue weighted by atomic mass is 10.1. The summed E-state index contributed by atoms with van der Waals surface area (Å²) in [6.45, 7) is 0.962. The van der Waals surface area contributed by atoms with Crippen LogP contribution in [0.4, 0.5) is 11.4 Å². The number of Topliss-reactive ketones (excluding diaryl/α,β-unsaturated/α-hetero) is 1. The Kier molecular flexibility index (Phi) is 5.39. The van der Waals surface area contributed by atoms with Gasteiger partial charge in [0.15, 0.2) is 6.10 Å². The number of carbonyl (C=O) groups is 4. The van der Waals surface area contributed by atoms with Crippen molar-refractivity contribution < 1.29 is 28.7 Å². The molecule has 3 rings (SSSR count). The molecule has 0 unspecified atom stereocenters. The summed E-state index contributed by atoms with van der Waals surface area (Å²) in [6.07, 6.45) is -1.08. The number of anilines is 2. The molecule has 28 heavy (non-hydrogen) atoms. The first-order valence-electron chi connectivity index (χ1n) is 8.50. The first-order valence-corrected chi connectivity index (χ1v) is 8.50.